The van der Waals surface area contributed by atoms with Gasteiger partial charge in [-0.1, -0.05) is 19.1 Å². The molecule has 6 nitrogen and oxygen atoms in total. The lowest BCUT2D eigenvalue weighted by molar-refractivity contribution is 0.628. The molecule has 5 rings (SSSR count). The Morgan fingerprint density at radius 1 is 1.33 bits per heavy atom. The Balaban J connectivity index is 1.63. The predicted octanol–water partition coefficient (Wildman–Crippen LogP) is 5.70. The monoisotopic (exact) mass is 461 g/mol. The van der Waals surface area contributed by atoms with Crippen LogP contribution < -0.4 is 16.2 Å². The molecule has 0 bridgehead atoms. The number of hydrogen-bond acceptors (Lipinski definition) is 6. The van der Waals surface area contributed by atoms with Gasteiger partial charge < -0.3 is 10.6 Å². The molecule has 0 aliphatic carbocycles. The van der Waals surface area contributed by atoms with Crippen molar-refractivity contribution in [2.24, 2.45) is 0 Å². The van der Waals surface area contributed by atoms with Gasteiger partial charge in [-0.2, -0.15) is 0 Å². The summed E-state index contributed by atoms with van der Waals surface area (Å²) in [5.41, 5.74) is 5.45. The van der Waals surface area contributed by atoms with E-state index in [9.17, 15) is 9.18 Å². The smallest absolute Gasteiger partial charge is 0.266 e. The van der Waals surface area contributed by atoms with Crippen LogP contribution in [0.25, 0.3) is 16.1 Å². The quantitative estimate of drug-likeness (QED) is 0.399. The molecule has 1 aliphatic heterocycles. The van der Waals surface area contributed by atoms with Crippen molar-refractivity contribution in [2.45, 2.75) is 39.7 Å². The van der Waals surface area contributed by atoms with Crippen LogP contribution in [-0.4, -0.2) is 14.4 Å². The van der Waals surface area contributed by atoms with E-state index in [1.807, 2.05) is 31.5 Å². The molecule has 0 saturated heterocycles. The van der Waals surface area contributed by atoms with E-state index in [0.29, 0.717) is 21.8 Å². The highest BCUT2D eigenvalue weighted by atomic mass is 32.1. The van der Waals surface area contributed by atoms with Crippen LogP contribution in [0, 0.1) is 12.7 Å². The Labute approximate surface area is 194 Å². The zero-order valence-electron chi connectivity index (χ0n) is 18.6. The van der Waals surface area contributed by atoms with E-state index < -0.39 is 5.82 Å². The van der Waals surface area contributed by atoms with Crippen LogP contribution in [0.3, 0.4) is 0 Å². The van der Waals surface area contributed by atoms with E-state index in [2.05, 4.69) is 22.5 Å². The van der Waals surface area contributed by atoms with Crippen molar-refractivity contribution in [1.29, 1.82) is 0 Å². The van der Waals surface area contributed by atoms with Gasteiger partial charge in [0.2, 0.25) is 0 Å². The Morgan fingerprint density at radius 3 is 2.97 bits per heavy atom. The van der Waals surface area contributed by atoms with Crippen LogP contribution in [0.2, 0.25) is 0 Å². The number of hydrogen-bond donors (Lipinski definition) is 2. The molecule has 1 unspecified atom stereocenters. The minimum absolute atomic E-state index is 0.192. The summed E-state index contributed by atoms with van der Waals surface area (Å²) in [7, 11) is 0. The number of allylic oxidation sites excluding steroid dienone is 1. The van der Waals surface area contributed by atoms with Crippen LogP contribution in [-0.2, 0) is 6.42 Å². The molecule has 0 spiro atoms. The summed E-state index contributed by atoms with van der Waals surface area (Å²) in [6.45, 7) is 5.98. The number of nitrogens with zero attached hydrogens (tertiary/aromatic N) is 3. The van der Waals surface area contributed by atoms with Gasteiger partial charge in [0.15, 0.2) is 4.96 Å². The lowest BCUT2D eigenvalue weighted by Crippen LogP contribution is -2.23. The summed E-state index contributed by atoms with van der Waals surface area (Å²) < 4.78 is 15.7. The molecule has 0 saturated carbocycles. The minimum atomic E-state index is -0.390. The number of fused-ring (bicyclic) bond motifs is 2. The Bertz CT molecular complexity index is 1460. The summed E-state index contributed by atoms with van der Waals surface area (Å²) in [4.78, 5) is 23.5. The van der Waals surface area contributed by atoms with E-state index in [1.165, 1.54) is 29.0 Å². The van der Waals surface area contributed by atoms with E-state index >= 15 is 0 Å². The highest BCUT2D eigenvalue weighted by Crippen LogP contribution is 2.33. The number of anilines is 2. The molecule has 168 valence electrons. The fourth-order valence-electron chi connectivity index (χ4n) is 4.23. The van der Waals surface area contributed by atoms with Crippen LogP contribution in [0.15, 0.2) is 58.5 Å². The van der Waals surface area contributed by atoms with Crippen molar-refractivity contribution in [3.63, 3.8) is 0 Å². The van der Waals surface area contributed by atoms with E-state index in [1.54, 1.807) is 22.7 Å². The van der Waals surface area contributed by atoms with E-state index in [4.69, 9.17) is 4.98 Å². The first-order valence-electron chi connectivity index (χ1n) is 10.9. The van der Waals surface area contributed by atoms with Gasteiger partial charge in [0.05, 0.1) is 17.3 Å². The van der Waals surface area contributed by atoms with Gasteiger partial charge in [-0.15, -0.1) is 11.3 Å². The van der Waals surface area contributed by atoms with Crippen molar-refractivity contribution in [3.05, 3.63) is 86.8 Å². The molecular weight excluding hydrogens is 437 g/mol. The van der Waals surface area contributed by atoms with E-state index in [-0.39, 0.29) is 11.6 Å². The highest BCUT2D eigenvalue weighted by molar-refractivity contribution is 7.15. The number of nitrogens with one attached hydrogen (secondary N) is 2. The molecular formula is C25H24FN5OS. The van der Waals surface area contributed by atoms with Gasteiger partial charge in [-0.3, -0.25) is 9.20 Å². The molecule has 8 heteroatoms. The normalized spacial score (nSPS) is 13.9. The summed E-state index contributed by atoms with van der Waals surface area (Å²) in [6.07, 6.45) is 5.53. The fourth-order valence-corrected chi connectivity index (χ4v) is 5.10. The second-order valence-electron chi connectivity index (χ2n) is 8.21. The SMILES string of the molecule is CCC1=CNc2nccc(NC(C)c3nc4scc(C)n4c(=O)c3-c3cccc(F)c3)c2C1. The van der Waals surface area contributed by atoms with Crippen molar-refractivity contribution < 1.29 is 4.39 Å². The molecule has 33 heavy (non-hydrogen) atoms. The third-order valence-corrected chi connectivity index (χ3v) is 6.93. The highest BCUT2D eigenvalue weighted by Gasteiger charge is 2.23. The standard InChI is InChI=1S/C25H24FN5OS/c1-4-16-10-19-20(8-9-27-23(19)28-12-16)29-15(3)22-21(17-6-5-7-18(26)11-17)24(32)31-14(2)13-33-25(31)30-22/h5-9,11-13,15H,4,10H2,1-3H3,(H2,27,28,29). The largest absolute Gasteiger partial charge is 0.377 e. The second kappa shape index (κ2) is 8.44. The number of thiazole rings is 1. The van der Waals surface area contributed by atoms with Crippen molar-refractivity contribution in [1.82, 2.24) is 14.4 Å². The average molecular weight is 462 g/mol. The number of halogens is 1. The lowest BCUT2D eigenvalue weighted by Gasteiger charge is -2.24. The first-order chi connectivity index (χ1) is 16.0. The Hall–Kier alpha value is -3.52. The van der Waals surface area contributed by atoms with Gasteiger partial charge in [0.1, 0.15) is 11.6 Å². The Kier molecular flexibility index (Phi) is 5.46. The molecule has 1 aliphatic rings. The van der Waals surface area contributed by atoms with Gasteiger partial charge in [-0.25, -0.2) is 14.4 Å². The average Bonchev–Trinajstić information content (AvgIpc) is 3.19. The fraction of sp³-hybridized carbons (Fsp3) is 0.240. The molecule has 3 aromatic heterocycles. The first kappa shape index (κ1) is 21.3. The predicted molar refractivity (Wildman–Crippen MR) is 131 cm³/mol. The second-order valence-corrected chi connectivity index (χ2v) is 9.05. The maximum Gasteiger partial charge on any atom is 0.266 e. The van der Waals surface area contributed by atoms with Crippen LogP contribution >= 0.6 is 11.3 Å². The zero-order chi connectivity index (χ0) is 23.1. The van der Waals surface area contributed by atoms with Crippen LogP contribution in [0.5, 0.6) is 0 Å². The summed E-state index contributed by atoms with van der Waals surface area (Å²) in [5, 5.41) is 8.73. The van der Waals surface area contributed by atoms with E-state index in [0.717, 1.165) is 35.6 Å². The van der Waals surface area contributed by atoms with Gasteiger partial charge in [0, 0.05) is 41.1 Å². The third-order valence-electron chi connectivity index (χ3n) is 5.99. The number of rotatable bonds is 5. The summed E-state index contributed by atoms with van der Waals surface area (Å²) in [5.74, 6) is 0.436. The molecule has 1 atom stereocenters. The van der Waals surface area contributed by atoms with Gasteiger partial charge in [0.25, 0.3) is 5.56 Å². The van der Waals surface area contributed by atoms with Crippen molar-refractivity contribution in [3.8, 4) is 11.1 Å². The van der Waals surface area contributed by atoms with Crippen LogP contribution in [0.4, 0.5) is 15.9 Å². The van der Waals surface area contributed by atoms with Crippen molar-refractivity contribution in [2.75, 3.05) is 10.6 Å². The van der Waals surface area contributed by atoms with Crippen molar-refractivity contribution >= 4 is 27.8 Å². The molecule has 0 fully saturated rings. The molecule has 4 heterocycles. The number of aromatic nitrogens is 3. The maximum atomic E-state index is 14.1. The minimum Gasteiger partial charge on any atom is -0.377 e. The molecule has 0 amide bonds. The summed E-state index contributed by atoms with van der Waals surface area (Å²) >= 11 is 1.42. The summed E-state index contributed by atoms with van der Waals surface area (Å²) in [6, 6.07) is 7.77. The zero-order valence-corrected chi connectivity index (χ0v) is 19.5. The number of benzene rings is 1. The third kappa shape index (κ3) is 3.80. The van der Waals surface area contributed by atoms with Gasteiger partial charge >= 0.3 is 0 Å². The molecule has 1 aromatic carbocycles. The topological polar surface area (TPSA) is 71.3 Å². The first-order valence-corrected chi connectivity index (χ1v) is 11.8. The molecule has 4 aromatic rings. The molecule has 0 radical (unpaired) electrons. The maximum absolute atomic E-state index is 14.1. The molecule has 2 N–H and O–H groups in total. The number of aryl methyl sites for hydroxylation is 1. The van der Waals surface area contributed by atoms with Crippen LogP contribution in [0.1, 0.15) is 43.3 Å². The number of pyridine rings is 1. The van der Waals surface area contributed by atoms with Gasteiger partial charge in [-0.05, 0) is 49.6 Å². The Morgan fingerprint density at radius 2 is 2.18 bits per heavy atom. The lowest BCUT2D eigenvalue weighted by atomic mass is 9.98.